The molecule has 1 saturated carbocycles. The summed E-state index contributed by atoms with van der Waals surface area (Å²) in [5, 5.41) is 0. The first-order valence-electron chi connectivity index (χ1n) is 7.66. The van der Waals surface area contributed by atoms with Crippen molar-refractivity contribution < 1.29 is 18.3 Å². The average Bonchev–Trinajstić information content (AvgIpc) is 3.31. The fourth-order valence-corrected chi connectivity index (χ4v) is 4.42. The number of amides is 1. The van der Waals surface area contributed by atoms with E-state index in [0.29, 0.717) is 6.54 Å². The van der Waals surface area contributed by atoms with Gasteiger partial charge in [-0.1, -0.05) is 12.1 Å². The average molecular weight is 347 g/mol. The molecule has 2 aliphatic rings. The lowest BCUT2D eigenvalue weighted by Crippen LogP contribution is -2.40. The first-order chi connectivity index (χ1) is 11.5. The molecular weight excluding hydrogens is 332 g/mol. The van der Waals surface area contributed by atoms with Gasteiger partial charge in [0, 0.05) is 21.8 Å². The number of rotatable bonds is 2. The smallest absolute Gasteiger partial charge is 0.258 e. The molecule has 0 aromatic heterocycles. The van der Waals surface area contributed by atoms with E-state index in [2.05, 4.69) is 4.74 Å². The number of thioether (sulfide) groups is 1. The maximum atomic E-state index is 14.0. The van der Waals surface area contributed by atoms with Crippen LogP contribution in [0.2, 0.25) is 0 Å². The molecule has 3 nitrogen and oxygen atoms in total. The SMILES string of the molecule is COc1c(F)cc(C(=O)N2CC3(CC3)Sc3ccccc32)cc1F. The fourth-order valence-electron chi connectivity index (χ4n) is 3.02. The van der Waals surface area contributed by atoms with Gasteiger partial charge in [-0.05, 0) is 37.1 Å². The number of carbonyl (C=O) groups excluding carboxylic acids is 1. The van der Waals surface area contributed by atoms with Crippen LogP contribution in [-0.2, 0) is 0 Å². The van der Waals surface area contributed by atoms with Gasteiger partial charge in [-0.2, -0.15) is 0 Å². The molecule has 0 radical (unpaired) electrons. The molecule has 6 heteroatoms. The second kappa shape index (κ2) is 5.48. The molecule has 4 rings (SSSR count). The van der Waals surface area contributed by atoms with E-state index in [-0.39, 0.29) is 10.3 Å². The van der Waals surface area contributed by atoms with Crippen LogP contribution >= 0.6 is 11.8 Å². The van der Waals surface area contributed by atoms with E-state index in [9.17, 15) is 13.6 Å². The van der Waals surface area contributed by atoms with Crippen molar-refractivity contribution in [1.29, 1.82) is 0 Å². The lowest BCUT2D eigenvalue weighted by atomic mass is 10.1. The summed E-state index contributed by atoms with van der Waals surface area (Å²) in [7, 11) is 1.19. The summed E-state index contributed by atoms with van der Waals surface area (Å²) < 4.78 is 32.6. The number of methoxy groups -OCH3 is 1. The van der Waals surface area contributed by atoms with Crippen molar-refractivity contribution in [2.75, 3.05) is 18.6 Å². The molecule has 0 bridgehead atoms. The zero-order valence-corrected chi connectivity index (χ0v) is 13.8. The highest BCUT2D eigenvalue weighted by atomic mass is 32.2. The third kappa shape index (κ3) is 2.45. The highest BCUT2D eigenvalue weighted by molar-refractivity contribution is 8.01. The van der Waals surface area contributed by atoms with Crippen LogP contribution in [0.3, 0.4) is 0 Å². The maximum Gasteiger partial charge on any atom is 0.258 e. The highest BCUT2D eigenvalue weighted by Gasteiger charge is 2.49. The molecule has 1 aliphatic carbocycles. The van der Waals surface area contributed by atoms with Crippen LogP contribution in [0.15, 0.2) is 41.3 Å². The molecular formula is C18H15F2NO2S. The minimum Gasteiger partial charge on any atom is -0.491 e. The Hall–Kier alpha value is -2.08. The molecule has 1 fully saturated rings. The van der Waals surface area contributed by atoms with Crippen LogP contribution in [0.25, 0.3) is 0 Å². The Kier molecular flexibility index (Phi) is 3.53. The highest BCUT2D eigenvalue weighted by Crippen LogP contribution is 2.57. The monoisotopic (exact) mass is 347 g/mol. The number of hydrogen-bond donors (Lipinski definition) is 0. The number of ether oxygens (including phenoxy) is 1. The number of fused-ring (bicyclic) bond motifs is 1. The second-order valence-electron chi connectivity index (χ2n) is 6.12. The topological polar surface area (TPSA) is 29.5 Å². The predicted molar refractivity (Wildman–Crippen MR) is 88.9 cm³/mol. The van der Waals surface area contributed by atoms with E-state index in [0.717, 1.165) is 35.6 Å². The van der Waals surface area contributed by atoms with E-state index in [4.69, 9.17) is 0 Å². The van der Waals surface area contributed by atoms with E-state index >= 15 is 0 Å². The molecule has 1 amide bonds. The molecule has 0 unspecified atom stereocenters. The number of nitrogens with zero attached hydrogens (tertiary/aromatic N) is 1. The van der Waals surface area contributed by atoms with E-state index in [1.54, 1.807) is 16.7 Å². The first kappa shape index (κ1) is 15.4. The van der Waals surface area contributed by atoms with Gasteiger partial charge >= 0.3 is 0 Å². The molecule has 0 atom stereocenters. The van der Waals surface area contributed by atoms with Crippen LogP contribution < -0.4 is 9.64 Å². The van der Waals surface area contributed by atoms with Gasteiger partial charge in [0.1, 0.15) is 0 Å². The van der Waals surface area contributed by atoms with E-state index < -0.39 is 23.3 Å². The lowest BCUT2D eigenvalue weighted by molar-refractivity contribution is 0.0984. The predicted octanol–water partition coefficient (Wildman–Crippen LogP) is 4.26. The van der Waals surface area contributed by atoms with Gasteiger partial charge < -0.3 is 9.64 Å². The third-order valence-corrected chi connectivity index (χ3v) is 5.97. The molecule has 1 spiro atoms. The fraction of sp³-hybridized carbons (Fsp3) is 0.278. The number of para-hydroxylation sites is 1. The van der Waals surface area contributed by atoms with Crippen molar-refractivity contribution >= 4 is 23.4 Å². The Labute approximate surface area is 142 Å². The molecule has 2 aromatic rings. The van der Waals surface area contributed by atoms with Gasteiger partial charge in [0.05, 0.1) is 12.8 Å². The molecule has 2 aromatic carbocycles. The summed E-state index contributed by atoms with van der Waals surface area (Å²) in [5.74, 6) is -2.61. The van der Waals surface area contributed by atoms with Gasteiger partial charge in [0.25, 0.3) is 5.91 Å². The molecule has 0 N–H and O–H groups in total. The van der Waals surface area contributed by atoms with Gasteiger partial charge in [-0.3, -0.25) is 4.79 Å². The van der Waals surface area contributed by atoms with E-state index in [1.807, 2.05) is 24.3 Å². The van der Waals surface area contributed by atoms with Crippen molar-refractivity contribution in [3.05, 3.63) is 53.6 Å². The van der Waals surface area contributed by atoms with Gasteiger partial charge in [0.15, 0.2) is 17.4 Å². The standard InChI is InChI=1S/C18H15F2NO2S/c1-23-16-12(19)8-11(9-13(16)20)17(22)21-10-18(6-7-18)24-15-5-3-2-4-14(15)21/h2-5,8-9H,6-7,10H2,1H3. The van der Waals surface area contributed by atoms with Crippen molar-refractivity contribution in [2.24, 2.45) is 0 Å². The largest absolute Gasteiger partial charge is 0.491 e. The number of anilines is 1. The van der Waals surface area contributed by atoms with Crippen molar-refractivity contribution in [3.8, 4) is 5.75 Å². The molecule has 0 saturated heterocycles. The van der Waals surface area contributed by atoms with Gasteiger partial charge in [-0.25, -0.2) is 8.78 Å². The Morgan fingerprint density at radius 1 is 1.21 bits per heavy atom. The van der Waals surface area contributed by atoms with Crippen molar-refractivity contribution in [1.82, 2.24) is 0 Å². The summed E-state index contributed by atoms with van der Waals surface area (Å²) in [6.07, 6.45) is 2.09. The minimum atomic E-state index is -0.873. The summed E-state index contributed by atoms with van der Waals surface area (Å²) in [6, 6.07) is 9.71. The summed E-state index contributed by atoms with van der Waals surface area (Å²) in [4.78, 5) is 15.6. The summed E-state index contributed by atoms with van der Waals surface area (Å²) >= 11 is 1.79. The second-order valence-corrected chi connectivity index (χ2v) is 7.63. The number of hydrogen-bond acceptors (Lipinski definition) is 3. The molecule has 24 heavy (non-hydrogen) atoms. The zero-order valence-electron chi connectivity index (χ0n) is 13.0. The first-order valence-corrected chi connectivity index (χ1v) is 8.48. The molecule has 124 valence electrons. The lowest BCUT2D eigenvalue weighted by Gasteiger charge is -2.34. The number of benzene rings is 2. The van der Waals surface area contributed by atoms with Crippen LogP contribution in [0.1, 0.15) is 23.2 Å². The summed E-state index contributed by atoms with van der Waals surface area (Å²) in [6.45, 7) is 0.558. The molecule has 1 heterocycles. The van der Waals surface area contributed by atoms with Crippen LogP contribution in [-0.4, -0.2) is 24.3 Å². The zero-order chi connectivity index (χ0) is 16.9. The van der Waals surface area contributed by atoms with Crippen molar-refractivity contribution in [3.63, 3.8) is 0 Å². The Bertz CT molecular complexity index is 813. The normalized spacial score (nSPS) is 17.5. The van der Waals surface area contributed by atoms with Gasteiger partial charge in [0.2, 0.25) is 0 Å². The minimum absolute atomic E-state index is 0.0108. The Morgan fingerprint density at radius 2 is 1.88 bits per heavy atom. The Balaban J connectivity index is 1.75. The van der Waals surface area contributed by atoms with E-state index in [1.165, 1.54) is 7.11 Å². The quantitative estimate of drug-likeness (QED) is 0.813. The van der Waals surface area contributed by atoms with Crippen LogP contribution in [0.5, 0.6) is 5.75 Å². The summed E-state index contributed by atoms with van der Waals surface area (Å²) in [5.41, 5.74) is 0.782. The Morgan fingerprint density at radius 3 is 2.50 bits per heavy atom. The van der Waals surface area contributed by atoms with Gasteiger partial charge in [-0.15, -0.1) is 11.8 Å². The van der Waals surface area contributed by atoms with Crippen LogP contribution in [0.4, 0.5) is 14.5 Å². The van der Waals surface area contributed by atoms with Crippen LogP contribution in [0, 0.1) is 11.6 Å². The maximum absolute atomic E-state index is 14.0. The number of halogens is 2. The number of carbonyl (C=O) groups is 1. The molecule has 1 aliphatic heterocycles. The van der Waals surface area contributed by atoms with Crippen molar-refractivity contribution in [2.45, 2.75) is 22.5 Å². The third-order valence-electron chi connectivity index (χ3n) is 4.43.